The van der Waals surface area contributed by atoms with Gasteiger partial charge in [0.2, 0.25) is 0 Å². The molecule has 0 radical (unpaired) electrons. The van der Waals surface area contributed by atoms with Crippen molar-refractivity contribution in [2.45, 2.75) is 17.1 Å². The fourth-order valence-corrected chi connectivity index (χ4v) is 2.66. The number of aliphatic carboxylic acids is 1. The van der Waals surface area contributed by atoms with E-state index in [-0.39, 0.29) is 12.2 Å². The summed E-state index contributed by atoms with van der Waals surface area (Å²) in [7, 11) is 0. The maximum atomic E-state index is 13.7. The predicted octanol–water partition coefficient (Wildman–Crippen LogP) is 3.62. The van der Waals surface area contributed by atoms with Gasteiger partial charge in [-0.25, -0.2) is 4.39 Å². The van der Waals surface area contributed by atoms with Crippen LogP contribution in [-0.2, 0) is 17.0 Å². The Morgan fingerprint density at radius 1 is 1.24 bits per heavy atom. The minimum Gasteiger partial charge on any atom is -0.481 e. The van der Waals surface area contributed by atoms with Crippen LogP contribution in [0, 0.1) is 17.1 Å². The molecule has 0 saturated carbocycles. The monoisotopic (exact) mass is 301 g/mol. The second-order valence-electron chi connectivity index (χ2n) is 4.42. The number of thioether (sulfide) groups is 1. The van der Waals surface area contributed by atoms with Gasteiger partial charge >= 0.3 is 5.97 Å². The Hall–Kier alpha value is -2.32. The maximum absolute atomic E-state index is 13.7. The van der Waals surface area contributed by atoms with Crippen molar-refractivity contribution in [1.29, 1.82) is 5.26 Å². The summed E-state index contributed by atoms with van der Waals surface area (Å²) in [5.41, 5.74) is 1.57. The van der Waals surface area contributed by atoms with E-state index < -0.39 is 5.97 Å². The summed E-state index contributed by atoms with van der Waals surface area (Å²) in [4.78, 5) is 11.5. The van der Waals surface area contributed by atoms with Crippen molar-refractivity contribution in [2.75, 3.05) is 0 Å². The van der Waals surface area contributed by atoms with Crippen LogP contribution in [0.4, 0.5) is 4.39 Å². The molecule has 3 nitrogen and oxygen atoms in total. The van der Waals surface area contributed by atoms with Crippen molar-refractivity contribution in [2.24, 2.45) is 0 Å². The third-order valence-corrected chi connectivity index (χ3v) is 3.92. The van der Waals surface area contributed by atoms with Gasteiger partial charge in [-0.1, -0.05) is 18.2 Å². The fourth-order valence-electron chi connectivity index (χ4n) is 1.77. The molecule has 0 atom stereocenters. The van der Waals surface area contributed by atoms with Crippen LogP contribution in [0.3, 0.4) is 0 Å². The van der Waals surface area contributed by atoms with Crippen LogP contribution in [0.15, 0.2) is 47.4 Å². The molecular formula is C16H12FNO2S. The highest BCUT2D eigenvalue weighted by Crippen LogP contribution is 2.24. The molecule has 1 N–H and O–H groups in total. The minimum absolute atomic E-state index is 0.00477. The maximum Gasteiger partial charge on any atom is 0.307 e. The van der Waals surface area contributed by atoms with Crippen LogP contribution in [0.5, 0.6) is 0 Å². The van der Waals surface area contributed by atoms with Gasteiger partial charge in [-0.05, 0) is 35.4 Å². The second kappa shape index (κ2) is 6.91. The lowest BCUT2D eigenvalue weighted by Crippen LogP contribution is -1.99. The molecule has 5 heteroatoms. The Kier molecular flexibility index (Phi) is 4.96. The van der Waals surface area contributed by atoms with Gasteiger partial charge in [-0.3, -0.25) is 4.79 Å². The number of benzene rings is 2. The smallest absolute Gasteiger partial charge is 0.307 e. The van der Waals surface area contributed by atoms with Crippen LogP contribution in [-0.4, -0.2) is 11.1 Å². The van der Waals surface area contributed by atoms with E-state index in [1.54, 1.807) is 24.3 Å². The third-order valence-electron chi connectivity index (χ3n) is 2.86. The Morgan fingerprint density at radius 2 is 1.95 bits per heavy atom. The normalized spacial score (nSPS) is 10.1. The summed E-state index contributed by atoms with van der Waals surface area (Å²) < 4.78 is 13.7. The molecule has 2 aromatic carbocycles. The van der Waals surface area contributed by atoms with E-state index in [9.17, 15) is 9.18 Å². The molecule has 0 heterocycles. The van der Waals surface area contributed by atoms with E-state index in [4.69, 9.17) is 10.4 Å². The highest BCUT2D eigenvalue weighted by Gasteiger charge is 2.05. The van der Waals surface area contributed by atoms with Crippen molar-refractivity contribution in [3.05, 3.63) is 65.0 Å². The molecule has 0 spiro atoms. The van der Waals surface area contributed by atoms with Gasteiger partial charge in [0.25, 0.3) is 0 Å². The van der Waals surface area contributed by atoms with Crippen LogP contribution in [0.25, 0.3) is 0 Å². The minimum atomic E-state index is -0.866. The van der Waals surface area contributed by atoms with Crippen molar-refractivity contribution in [3.8, 4) is 6.07 Å². The highest BCUT2D eigenvalue weighted by atomic mass is 32.2. The van der Waals surface area contributed by atoms with E-state index in [0.29, 0.717) is 16.9 Å². The third kappa shape index (κ3) is 4.33. The average Bonchev–Trinajstić information content (AvgIpc) is 2.47. The molecule has 21 heavy (non-hydrogen) atoms. The van der Waals surface area contributed by atoms with Gasteiger partial charge in [0.15, 0.2) is 0 Å². The van der Waals surface area contributed by atoms with Gasteiger partial charge < -0.3 is 5.11 Å². The number of halogens is 1. The van der Waals surface area contributed by atoms with Crippen LogP contribution >= 0.6 is 11.8 Å². The Bertz CT molecular complexity index is 692. The number of carboxylic acids is 1. The first-order chi connectivity index (χ1) is 10.1. The van der Waals surface area contributed by atoms with Crippen LogP contribution in [0.2, 0.25) is 0 Å². The fraction of sp³-hybridized carbons (Fsp3) is 0.125. The lowest BCUT2D eigenvalue weighted by atomic mass is 10.1. The molecule has 0 aromatic heterocycles. The number of nitriles is 1. The number of carboxylic acid groups (broad SMARTS) is 1. The van der Waals surface area contributed by atoms with Gasteiger partial charge in [-0.2, -0.15) is 5.26 Å². The van der Waals surface area contributed by atoms with E-state index in [2.05, 4.69) is 0 Å². The first-order valence-corrected chi connectivity index (χ1v) is 7.19. The molecule has 0 fully saturated rings. The lowest BCUT2D eigenvalue weighted by molar-refractivity contribution is -0.136. The molecule has 0 aliphatic rings. The summed E-state index contributed by atoms with van der Waals surface area (Å²) in [5, 5.41) is 17.4. The van der Waals surface area contributed by atoms with Gasteiger partial charge in [0.1, 0.15) is 5.82 Å². The predicted molar refractivity (Wildman–Crippen MR) is 78.5 cm³/mol. The van der Waals surface area contributed by atoms with Gasteiger partial charge in [0, 0.05) is 10.6 Å². The Morgan fingerprint density at radius 3 is 2.52 bits per heavy atom. The number of carbonyl (C=O) groups is 1. The first kappa shape index (κ1) is 15.1. The largest absolute Gasteiger partial charge is 0.481 e. The molecule has 0 amide bonds. The molecule has 0 saturated heterocycles. The molecule has 106 valence electrons. The molecule has 0 unspecified atom stereocenters. The SMILES string of the molecule is N#Cc1ccc(CSc2ccc(CC(=O)O)cc2)c(F)c1. The van der Waals surface area contributed by atoms with E-state index >= 15 is 0 Å². The summed E-state index contributed by atoms with van der Waals surface area (Å²) in [6.07, 6.45) is -0.00477. The molecule has 2 rings (SSSR count). The molecular weight excluding hydrogens is 289 g/mol. The van der Waals surface area contributed by atoms with Crippen LogP contribution < -0.4 is 0 Å². The first-order valence-electron chi connectivity index (χ1n) is 6.20. The molecule has 2 aromatic rings. The molecule has 0 aliphatic carbocycles. The van der Waals surface area contributed by atoms with Crippen molar-refractivity contribution < 1.29 is 14.3 Å². The average molecular weight is 301 g/mol. The lowest BCUT2D eigenvalue weighted by Gasteiger charge is -2.05. The van der Waals surface area contributed by atoms with Gasteiger partial charge in [0.05, 0.1) is 18.1 Å². The quantitative estimate of drug-likeness (QED) is 0.857. The number of hydrogen-bond acceptors (Lipinski definition) is 3. The van der Waals surface area contributed by atoms with Crippen LogP contribution in [0.1, 0.15) is 16.7 Å². The standard InChI is InChI=1S/C16H12FNO2S/c17-15-7-12(9-18)1-4-13(15)10-21-14-5-2-11(3-6-14)8-16(19)20/h1-7H,8,10H2,(H,19,20). The Labute approximate surface area is 126 Å². The molecule has 0 aliphatic heterocycles. The summed E-state index contributed by atoms with van der Waals surface area (Å²) >= 11 is 1.46. The van der Waals surface area contributed by atoms with Crippen molar-refractivity contribution in [3.63, 3.8) is 0 Å². The highest BCUT2D eigenvalue weighted by molar-refractivity contribution is 7.98. The zero-order chi connectivity index (χ0) is 15.2. The topological polar surface area (TPSA) is 61.1 Å². The van der Waals surface area contributed by atoms with E-state index in [0.717, 1.165) is 10.5 Å². The second-order valence-corrected chi connectivity index (χ2v) is 5.47. The van der Waals surface area contributed by atoms with Crippen molar-refractivity contribution >= 4 is 17.7 Å². The van der Waals surface area contributed by atoms with E-state index in [1.807, 2.05) is 18.2 Å². The molecule has 0 bridgehead atoms. The van der Waals surface area contributed by atoms with E-state index in [1.165, 1.54) is 17.8 Å². The number of hydrogen-bond donors (Lipinski definition) is 1. The summed E-state index contributed by atoms with van der Waals surface area (Å²) in [6, 6.07) is 13.5. The zero-order valence-corrected chi connectivity index (χ0v) is 11.9. The summed E-state index contributed by atoms with van der Waals surface area (Å²) in [6.45, 7) is 0. The zero-order valence-electron chi connectivity index (χ0n) is 11.0. The van der Waals surface area contributed by atoms with Gasteiger partial charge in [-0.15, -0.1) is 11.8 Å². The summed E-state index contributed by atoms with van der Waals surface area (Å²) in [5.74, 6) is -0.797. The van der Waals surface area contributed by atoms with Crippen molar-refractivity contribution in [1.82, 2.24) is 0 Å². The number of rotatable bonds is 5. The number of nitrogens with zero attached hydrogens (tertiary/aromatic N) is 1. The Balaban J connectivity index is 2.00.